The number of carbonyl (C=O) groups is 1. The van der Waals surface area contributed by atoms with Crippen LogP contribution in [0.25, 0.3) is 0 Å². The van der Waals surface area contributed by atoms with Gasteiger partial charge in [0.1, 0.15) is 0 Å². The molecule has 2 unspecified atom stereocenters. The second-order valence-electron chi connectivity index (χ2n) is 6.26. The summed E-state index contributed by atoms with van der Waals surface area (Å²) >= 11 is 0. The Morgan fingerprint density at radius 1 is 1.29 bits per heavy atom. The Labute approximate surface area is 133 Å². The zero-order valence-electron chi connectivity index (χ0n) is 12.7. The first-order valence-corrected chi connectivity index (χ1v) is 7.83. The zero-order valence-corrected chi connectivity index (χ0v) is 13.5. The Balaban J connectivity index is 0.00000161. The second-order valence-corrected chi connectivity index (χ2v) is 6.26. The van der Waals surface area contributed by atoms with Gasteiger partial charge in [0.05, 0.1) is 0 Å². The summed E-state index contributed by atoms with van der Waals surface area (Å²) in [6.07, 6.45) is 5.77. The lowest BCUT2D eigenvalue weighted by Crippen LogP contribution is -2.51. The highest BCUT2D eigenvalue weighted by Gasteiger charge is 2.31. The van der Waals surface area contributed by atoms with Gasteiger partial charge in [-0.1, -0.05) is 13.0 Å². The topological polar surface area (TPSA) is 46.3 Å². The van der Waals surface area contributed by atoms with Gasteiger partial charge in [0.15, 0.2) is 0 Å². The Morgan fingerprint density at radius 3 is 2.81 bits per heavy atom. The molecule has 0 spiro atoms. The number of hydrogen-bond acceptors (Lipinski definition) is 2. The van der Waals surface area contributed by atoms with E-state index in [0.29, 0.717) is 12.5 Å². The van der Waals surface area contributed by atoms with Gasteiger partial charge in [0.25, 0.3) is 5.91 Å². The molecule has 0 saturated carbocycles. The van der Waals surface area contributed by atoms with Crippen LogP contribution in [0.4, 0.5) is 0 Å². The Hall–Kier alpha value is -1.06. The van der Waals surface area contributed by atoms with E-state index in [-0.39, 0.29) is 24.4 Å². The number of nitrogens with two attached hydrogens (primary N) is 1. The molecular formula is C17H25ClN2O. The van der Waals surface area contributed by atoms with Gasteiger partial charge in [-0.2, -0.15) is 0 Å². The van der Waals surface area contributed by atoms with Crippen molar-refractivity contribution in [3.63, 3.8) is 0 Å². The third-order valence-electron chi connectivity index (χ3n) is 4.96. The van der Waals surface area contributed by atoms with E-state index in [1.165, 1.54) is 24.0 Å². The van der Waals surface area contributed by atoms with Crippen LogP contribution in [0.5, 0.6) is 0 Å². The number of carbonyl (C=O) groups excluding carboxylic acids is 1. The van der Waals surface area contributed by atoms with E-state index < -0.39 is 0 Å². The monoisotopic (exact) mass is 308 g/mol. The van der Waals surface area contributed by atoms with Crippen molar-refractivity contribution in [2.75, 3.05) is 13.1 Å². The smallest absolute Gasteiger partial charge is 0.254 e. The number of amides is 1. The second kappa shape index (κ2) is 6.80. The largest absolute Gasteiger partial charge is 0.334 e. The highest BCUT2D eigenvalue weighted by atomic mass is 35.5. The number of aryl methyl sites for hydroxylation is 2. The molecule has 116 valence electrons. The van der Waals surface area contributed by atoms with Gasteiger partial charge in [-0.05, 0) is 61.3 Å². The number of fused-ring (bicyclic) bond motifs is 1. The molecule has 1 heterocycles. The molecule has 1 aromatic carbocycles. The first kappa shape index (κ1) is 16.3. The molecule has 1 saturated heterocycles. The minimum absolute atomic E-state index is 0. The maximum atomic E-state index is 12.8. The van der Waals surface area contributed by atoms with Crippen molar-refractivity contribution >= 4 is 18.3 Å². The number of piperidine rings is 1. The Bertz CT molecular complexity index is 518. The Morgan fingerprint density at radius 2 is 2.05 bits per heavy atom. The summed E-state index contributed by atoms with van der Waals surface area (Å²) in [5.74, 6) is 0.675. The van der Waals surface area contributed by atoms with E-state index in [2.05, 4.69) is 19.1 Å². The molecule has 1 aromatic rings. The summed E-state index contributed by atoms with van der Waals surface area (Å²) < 4.78 is 0. The fourth-order valence-corrected chi connectivity index (χ4v) is 3.73. The third-order valence-corrected chi connectivity index (χ3v) is 4.96. The van der Waals surface area contributed by atoms with Crippen LogP contribution in [0.3, 0.4) is 0 Å². The number of hydrogen-bond donors (Lipinski definition) is 1. The third kappa shape index (κ3) is 3.09. The van der Waals surface area contributed by atoms with Crippen LogP contribution in [0.2, 0.25) is 0 Å². The molecule has 1 fully saturated rings. The predicted molar refractivity (Wildman–Crippen MR) is 88.0 cm³/mol. The summed E-state index contributed by atoms with van der Waals surface area (Å²) in [5.41, 5.74) is 9.53. The van der Waals surface area contributed by atoms with Crippen molar-refractivity contribution in [1.29, 1.82) is 0 Å². The van der Waals surface area contributed by atoms with Crippen molar-refractivity contribution in [1.82, 2.24) is 4.90 Å². The van der Waals surface area contributed by atoms with Gasteiger partial charge in [0, 0.05) is 24.7 Å². The summed E-state index contributed by atoms with van der Waals surface area (Å²) in [4.78, 5) is 14.8. The van der Waals surface area contributed by atoms with Crippen molar-refractivity contribution < 1.29 is 4.79 Å². The number of benzene rings is 1. The first-order chi connectivity index (χ1) is 9.70. The molecule has 3 rings (SSSR count). The number of likely N-dealkylation sites (tertiary alicyclic amines) is 1. The fourth-order valence-electron chi connectivity index (χ4n) is 3.73. The molecule has 3 nitrogen and oxygen atoms in total. The fraction of sp³-hybridized carbons (Fsp3) is 0.588. The summed E-state index contributed by atoms with van der Waals surface area (Å²) in [6, 6.07) is 6.45. The maximum Gasteiger partial charge on any atom is 0.254 e. The lowest BCUT2D eigenvalue weighted by Gasteiger charge is -2.39. The summed E-state index contributed by atoms with van der Waals surface area (Å²) in [5, 5.41) is 0. The predicted octanol–water partition coefficient (Wildman–Crippen LogP) is 2.80. The van der Waals surface area contributed by atoms with Gasteiger partial charge in [-0.25, -0.2) is 0 Å². The summed E-state index contributed by atoms with van der Waals surface area (Å²) in [6.45, 7) is 3.62. The van der Waals surface area contributed by atoms with Crippen LogP contribution in [-0.4, -0.2) is 29.9 Å². The van der Waals surface area contributed by atoms with Crippen LogP contribution in [0, 0.1) is 5.92 Å². The van der Waals surface area contributed by atoms with Crippen LogP contribution < -0.4 is 5.73 Å². The van der Waals surface area contributed by atoms with Gasteiger partial charge < -0.3 is 10.6 Å². The van der Waals surface area contributed by atoms with Crippen LogP contribution in [0.1, 0.15) is 47.7 Å². The lowest BCUT2D eigenvalue weighted by atomic mass is 9.90. The minimum atomic E-state index is 0. The van der Waals surface area contributed by atoms with Crippen LogP contribution in [0.15, 0.2) is 18.2 Å². The van der Waals surface area contributed by atoms with Crippen molar-refractivity contribution in [3.8, 4) is 0 Å². The van der Waals surface area contributed by atoms with Crippen LogP contribution >= 0.6 is 12.4 Å². The molecule has 0 aromatic heterocycles. The molecule has 1 aliphatic heterocycles. The van der Waals surface area contributed by atoms with E-state index >= 15 is 0 Å². The number of nitrogens with zero attached hydrogens (tertiary/aromatic N) is 1. The molecule has 1 amide bonds. The van der Waals surface area contributed by atoms with E-state index in [1.54, 1.807) is 0 Å². The molecule has 21 heavy (non-hydrogen) atoms. The van der Waals surface area contributed by atoms with Gasteiger partial charge in [0.2, 0.25) is 0 Å². The molecule has 4 heteroatoms. The molecule has 0 radical (unpaired) electrons. The Kier molecular flexibility index (Phi) is 5.28. The number of halogens is 1. The van der Waals surface area contributed by atoms with Gasteiger partial charge >= 0.3 is 0 Å². The molecule has 0 bridgehead atoms. The van der Waals surface area contributed by atoms with Gasteiger partial charge in [-0.3, -0.25) is 4.79 Å². The van der Waals surface area contributed by atoms with Crippen molar-refractivity contribution in [2.24, 2.45) is 11.7 Å². The molecule has 1 aliphatic carbocycles. The van der Waals surface area contributed by atoms with E-state index in [9.17, 15) is 4.79 Å². The standard InChI is InChI=1S/C17H24N2O.ClH/c1-12-4-3-9-19(16(12)11-18)17(20)15-8-7-13-5-2-6-14(13)10-15;/h7-8,10,12,16H,2-6,9,11,18H2,1H3;1H. The zero-order chi connectivity index (χ0) is 14.1. The molecule has 2 N–H and O–H groups in total. The van der Waals surface area contributed by atoms with Gasteiger partial charge in [-0.15, -0.1) is 12.4 Å². The van der Waals surface area contributed by atoms with Crippen molar-refractivity contribution in [2.45, 2.75) is 45.1 Å². The highest BCUT2D eigenvalue weighted by molar-refractivity contribution is 5.95. The normalized spacial score (nSPS) is 24.4. The molecular weight excluding hydrogens is 284 g/mol. The van der Waals surface area contributed by atoms with Crippen LogP contribution in [-0.2, 0) is 12.8 Å². The van der Waals surface area contributed by atoms with E-state index in [4.69, 9.17) is 5.73 Å². The first-order valence-electron chi connectivity index (χ1n) is 7.83. The van der Waals surface area contributed by atoms with Crippen molar-refractivity contribution in [3.05, 3.63) is 34.9 Å². The molecule has 2 atom stereocenters. The summed E-state index contributed by atoms with van der Waals surface area (Å²) in [7, 11) is 0. The molecule has 2 aliphatic rings. The number of rotatable bonds is 2. The average Bonchev–Trinajstić information content (AvgIpc) is 2.93. The maximum absolute atomic E-state index is 12.8. The quantitative estimate of drug-likeness (QED) is 0.913. The lowest BCUT2D eigenvalue weighted by molar-refractivity contribution is 0.0532. The minimum Gasteiger partial charge on any atom is -0.334 e. The SMILES string of the molecule is CC1CCCN(C(=O)c2ccc3c(c2)CCC3)C1CN.Cl. The average molecular weight is 309 g/mol. The van der Waals surface area contributed by atoms with E-state index in [0.717, 1.165) is 31.4 Å². The van der Waals surface area contributed by atoms with E-state index in [1.807, 2.05) is 11.0 Å². The highest BCUT2D eigenvalue weighted by Crippen LogP contribution is 2.27.